The van der Waals surface area contributed by atoms with Crippen LogP contribution in [0.3, 0.4) is 0 Å². The molecule has 2 rings (SSSR count). The third kappa shape index (κ3) is 2.44. The zero-order chi connectivity index (χ0) is 12.3. The Kier molecular flexibility index (Phi) is 3.38. The molecule has 1 aliphatic rings. The summed E-state index contributed by atoms with van der Waals surface area (Å²) in [4.78, 5) is 11.9. The lowest BCUT2D eigenvalue weighted by Crippen LogP contribution is -2.44. The Morgan fingerprint density at radius 3 is 3.12 bits per heavy atom. The lowest BCUT2D eigenvalue weighted by molar-refractivity contribution is 0.0830. The summed E-state index contributed by atoms with van der Waals surface area (Å²) in [6.07, 6.45) is 5.84. The predicted octanol–water partition coefficient (Wildman–Crippen LogP) is 0.757. The van der Waals surface area contributed by atoms with E-state index in [1.165, 1.54) is 12.4 Å². The van der Waals surface area contributed by atoms with Crippen LogP contribution in [-0.4, -0.2) is 33.9 Å². The van der Waals surface area contributed by atoms with E-state index in [4.69, 9.17) is 0 Å². The lowest BCUT2D eigenvalue weighted by Gasteiger charge is -2.30. The highest BCUT2D eigenvalue weighted by atomic mass is 16.3. The van der Waals surface area contributed by atoms with Crippen LogP contribution in [0.5, 0.6) is 0 Å². The molecule has 1 saturated carbocycles. The number of aromatic nitrogens is 2. The summed E-state index contributed by atoms with van der Waals surface area (Å²) >= 11 is 0. The number of nitrogens with one attached hydrogen (secondary N) is 1. The van der Waals surface area contributed by atoms with E-state index in [0.29, 0.717) is 5.56 Å². The van der Waals surface area contributed by atoms with Crippen LogP contribution in [0.25, 0.3) is 0 Å². The van der Waals surface area contributed by atoms with Crippen LogP contribution in [0.1, 0.15) is 36.5 Å². The molecule has 0 aliphatic heterocycles. The minimum absolute atomic E-state index is 0.0353. The quantitative estimate of drug-likeness (QED) is 0.811. The fourth-order valence-electron chi connectivity index (χ4n) is 2.33. The van der Waals surface area contributed by atoms with Crippen molar-refractivity contribution >= 4 is 5.91 Å². The first kappa shape index (κ1) is 12.0. The van der Waals surface area contributed by atoms with Crippen molar-refractivity contribution in [3.05, 3.63) is 24.0 Å². The predicted molar refractivity (Wildman–Crippen MR) is 62.3 cm³/mol. The van der Waals surface area contributed by atoms with Crippen LogP contribution in [-0.2, 0) is 0 Å². The number of nitrogens with zero attached hydrogens (tertiary/aromatic N) is 2. The molecule has 1 heterocycles. The summed E-state index contributed by atoms with van der Waals surface area (Å²) in [6, 6.07) is 1.67. The van der Waals surface area contributed by atoms with E-state index in [2.05, 4.69) is 15.5 Å². The summed E-state index contributed by atoms with van der Waals surface area (Å²) in [5, 5.41) is 19.7. The van der Waals surface area contributed by atoms with E-state index < -0.39 is 0 Å². The van der Waals surface area contributed by atoms with Crippen molar-refractivity contribution in [3.63, 3.8) is 0 Å². The van der Waals surface area contributed by atoms with Crippen molar-refractivity contribution in [1.29, 1.82) is 0 Å². The molecule has 0 saturated heterocycles. The van der Waals surface area contributed by atoms with Gasteiger partial charge < -0.3 is 10.4 Å². The molecule has 1 fully saturated rings. The Morgan fingerprint density at radius 2 is 2.47 bits per heavy atom. The van der Waals surface area contributed by atoms with Crippen LogP contribution in [0, 0.1) is 5.41 Å². The zero-order valence-electron chi connectivity index (χ0n) is 9.89. The van der Waals surface area contributed by atoms with Crippen molar-refractivity contribution in [2.24, 2.45) is 5.41 Å². The summed E-state index contributed by atoms with van der Waals surface area (Å²) in [5.74, 6) is -0.147. The molecule has 0 spiro atoms. The van der Waals surface area contributed by atoms with Gasteiger partial charge in [0, 0.05) is 11.5 Å². The van der Waals surface area contributed by atoms with Gasteiger partial charge in [0.1, 0.15) is 0 Å². The number of hydrogen-bond acceptors (Lipinski definition) is 4. The van der Waals surface area contributed by atoms with Crippen LogP contribution in [0.2, 0.25) is 0 Å². The molecule has 0 radical (unpaired) electrons. The van der Waals surface area contributed by atoms with Gasteiger partial charge in [-0.1, -0.05) is 13.3 Å². The first-order valence-electron chi connectivity index (χ1n) is 5.84. The molecule has 0 aromatic carbocycles. The highest BCUT2D eigenvalue weighted by Crippen LogP contribution is 2.37. The van der Waals surface area contributed by atoms with Gasteiger partial charge in [0.25, 0.3) is 5.91 Å². The van der Waals surface area contributed by atoms with Gasteiger partial charge in [-0.3, -0.25) is 4.79 Å². The molecule has 1 aromatic rings. The average Bonchev–Trinajstić information content (AvgIpc) is 2.73. The van der Waals surface area contributed by atoms with Crippen LogP contribution in [0.4, 0.5) is 0 Å². The largest absolute Gasteiger partial charge is 0.396 e. The van der Waals surface area contributed by atoms with Crippen LogP contribution in [0.15, 0.2) is 18.5 Å². The van der Waals surface area contributed by atoms with Crippen molar-refractivity contribution < 1.29 is 9.90 Å². The normalized spacial score (nSPS) is 28.0. The zero-order valence-corrected chi connectivity index (χ0v) is 9.89. The smallest absolute Gasteiger partial charge is 0.253 e. The van der Waals surface area contributed by atoms with Gasteiger partial charge in [-0.05, 0) is 18.9 Å². The number of aliphatic hydroxyl groups is 1. The fraction of sp³-hybridized carbons (Fsp3) is 0.583. The van der Waals surface area contributed by atoms with Gasteiger partial charge in [0.05, 0.1) is 24.6 Å². The summed E-state index contributed by atoms with van der Waals surface area (Å²) in [7, 11) is 0. The van der Waals surface area contributed by atoms with Crippen LogP contribution < -0.4 is 5.32 Å². The van der Waals surface area contributed by atoms with E-state index in [9.17, 15) is 9.90 Å². The lowest BCUT2D eigenvalue weighted by atomic mass is 9.85. The maximum absolute atomic E-state index is 11.9. The molecular formula is C12H17N3O2. The molecule has 0 bridgehead atoms. The number of carbonyl (C=O) groups is 1. The maximum atomic E-state index is 11.9. The minimum Gasteiger partial charge on any atom is -0.396 e. The van der Waals surface area contributed by atoms with Gasteiger partial charge in [-0.25, -0.2) is 0 Å². The average molecular weight is 235 g/mol. The van der Waals surface area contributed by atoms with Crippen molar-refractivity contribution in [3.8, 4) is 0 Å². The van der Waals surface area contributed by atoms with E-state index in [1.807, 2.05) is 6.92 Å². The Bertz CT molecular complexity index is 396. The molecular weight excluding hydrogens is 218 g/mol. The summed E-state index contributed by atoms with van der Waals surface area (Å²) in [6.45, 7) is 2.11. The first-order valence-corrected chi connectivity index (χ1v) is 5.84. The second-order valence-corrected chi connectivity index (χ2v) is 4.86. The second kappa shape index (κ2) is 4.79. The molecule has 5 nitrogen and oxygen atoms in total. The highest BCUT2D eigenvalue weighted by Gasteiger charge is 2.39. The maximum Gasteiger partial charge on any atom is 0.253 e. The number of hydrogen-bond donors (Lipinski definition) is 2. The Balaban J connectivity index is 2.04. The number of amides is 1. The van der Waals surface area contributed by atoms with E-state index >= 15 is 0 Å². The molecule has 2 atom stereocenters. The van der Waals surface area contributed by atoms with Crippen molar-refractivity contribution in [1.82, 2.24) is 15.5 Å². The van der Waals surface area contributed by atoms with Gasteiger partial charge in [0.2, 0.25) is 0 Å². The highest BCUT2D eigenvalue weighted by molar-refractivity contribution is 5.94. The van der Waals surface area contributed by atoms with E-state index in [-0.39, 0.29) is 24.0 Å². The molecule has 1 aliphatic carbocycles. The Hall–Kier alpha value is -1.49. The topological polar surface area (TPSA) is 75.1 Å². The summed E-state index contributed by atoms with van der Waals surface area (Å²) < 4.78 is 0. The number of rotatable bonds is 3. The van der Waals surface area contributed by atoms with E-state index in [0.717, 1.165) is 19.3 Å². The summed E-state index contributed by atoms with van der Waals surface area (Å²) in [5.41, 5.74) is 0.308. The van der Waals surface area contributed by atoms with Gasteiger partial charge >= 0.3 is 0 Å². The number of carbonyl (C=O) groups excluding carboxylic acids is 1. The molecule has 17 heavy (non-hydrogen) atoms. The fourth-order valence-corrected chi connectivity index (χ4v) is 2.33. The molecule has 1 aromatic heterocycles. The number of aliphatic hydroxyl groups excluding tert-OH is 1. The Labute approximate surface area is 100 Å². The van der Waals surface area contributed by atoms with Gasteiger partial charge in [-0.15, -0.1) is 0 Å². The first-order chi connectivity index (χ1) is 8.15. The molecule has 5 heteroatoms. The molecule has 2 N–H and O–H groups in total. The van der Waals surface area contributed by atoms with Gasteiger partial charge in [0.15, 0.2) is 0 Å². The molecule has 92 valence electrons. The molecule has 1 amide bonds. The monoisotopic (exact) mass is 235 g/mol. The van der Waals surface area contributed by atoms with Crippen LogP contribution >= 0.6 is 0 Å². The third-order valence-corrected chi connectivity index (χ3v) is 3.59. The SMILES string of the molecule is CC1(CO)CCCC1NC(=O)c1ccnnc1. The second-order valence-electron chi connectivity index (χ2n) is 4.86. The van der Waals surface area contributed by atoms with Crippen molar-refractivity contribution in [2.45, 2.75) is 32.2 Å². The van der Waals surface area contributed by atoms with E-state index in [1.54, 1.807) is 6.07 Å². The van der Waals surface area contributed by atoms with Crippen molar-refractivity contribution in [2.75, 3.05) is 6.61 Å². The Morgan fingerprint density at radius 1 is 1.65 bits per heavy atom. The molecule has 2 unspecified atom stereocenters. The minimum atomic E-state index is -0.198. The van der Waals surface area contributed by atoms with Gasteiger partial charge in [-0.2, -0.15) is 10.2 Å². The standard InChI is InChI=1S/C12H17N3O2/c1-12(8-16)5-2-3-10(12)15-11(17)9-4-6-13-14-7-9/h4,6-7,10,16H,2-3,5,8H2,1H3,(H,15,17). The third-order valence-electron chi connectivity index (χ3n) is 3.59.